The van der Waals surface area contributed by atoms with Gasteiger partial charge in [0.2, 0.25) is 10.0 Å². The Morgan fingerprint density at radius 2 is 1.86 bits per heavy atom. The maximum absolute atomic E-state index is 12.1. The molecule has 0 unspecified atom stereocenters. The second-order valence-corrected chi connectivity index (χ2v) is 6.84. The standard InChI is InChI=1S/C13H11BrN2O4S/c14-12-6-1-2-7-13(12)15-21(19,20)9-10-4-3-5-11(8-10)16(17)18/h1-8,15H,9H2. The SMILES string of the molecule is O=[N+]([O-])c1cccc(CS(=O)(=O)Nc2ccccc2Br)c1. The van der Waals surface area contributed by atoms with Gasteiger partial charge in [-0.2, -0.15) is 0 Å². The Kier molecular flexibility index (Phi) is 4.59. The molecular formula is C13H11BrN2O4S. The molecule has 0 fully saturated rings. The number of hydrogen-bond acceptors (Lipinski definition) is 4. The summed E-state index contributed by atoms with van der Waals surface area (Å²) in [5.74, 6) is -0.337. The van der Waals surface area contributed by atoms with Gasteiger partial charge in [-0.05, 0) is 33.6 Å². The number of halogens is 1. The van der Waals surface area contributed by atoms with Gasteiger partial charge >= 0.3 is 0 Å². The second-order valence-electron chi connectivity index (χ2n) is 4.27. The molecule has 0 radical (unpaired) electrons. The highest BCUT2D eigenvalue weighted by Gasteiger charge is 2.15. The van der Waals surface area contributed by atoms with Gasteiger partial charge in [0.05, 0.1) is 16.4 Å². The van der Waals surface area contributed by atoms with Crippen molar-refractivity contribution in [2.24, 2.45) is 0 Å². The number of para-hydroxylation sites is 1. The van der Waals surface area contributed by atoms with E-state index >= 15 is 0 Å². The first-order chi connectivity index (χ1) is 9.87. The molecule has 21 heavy (non-hydrogen) atoms. The Labute approximate surface area is 130 Å². The highest BCUT2D eigenvalue weighted by Crippen LogP contribution is 2.23. The van der Waals surface area contributed by atoms with Gasteiger partial charge in [0.15, 0.2) is 0 Å². The van der Waals surface area contributed by atoms with E-state index in [1.807, 2.05) is 0 Å². The van der Waals surface area contributed by atoms with E-state index in [1.54, 1.807) is 24.3 Å². The fourth-order valence-corrected chi connectivity index (χ4v) is 3.45. The number of nitrogens with one attached hydrogen (secondary N) is 1. The molecule has 0 atom stereocenters. The van der Waals surface area contributed by atoms with E-state index in [9.17, 15) is 18.5 Å². The average molecular weight is 371 g/mol. The van der Waals surface area contributed by atoms with Crippen molar-refractivity contribution in [3.8, 4) is 0 Å². The van der Waals surface area contributed by atoms with Crippen molar-refractivity contribution >= 4 is 37.3 Å². The van der Waals surface area contributed by atoms with E-state index in [1.165, 1.54) is 24.3 Å². The number of anilines is 1. The smallest absolute Gasteiger partial charge is 0.269 e. The van der Waals surface area contributed by atoms with Crippen LogP contribution in [0.1, 0.15) is 5.56 Å². The van der Waals surface area contributed by atoms with Gasteiger partial charge in [0, 0.05) is 16.6 Å². The topological polar surface area (TPSA) is 89.3 Å². The summed E-state index contributed by atoms with van der Waals surface area (Å²) in [6.07, 6.45) is 0. The predicted octanol–water partition coefficient (Wildman–Crippen LogP) is 3.30. The Hall–Kier alpha value is -1.93. The van der Waals surface area contributed by atoms with Crippen LogP contribution in [0, 0.1) is 10.1 Å². The van der Waals surface area contributed by atoms with Crippen LogP contribution in [0.4, 0.5) is 11.4 Å². The van der Waals surface area contributed by atoms with E-state index in [0.717, 1.165) is 0 Å². The highest BCUT2D eigenvalue weighted by atomic mass is 79.9. The Bertz CT molecular complexity index is 777. The van der Waals surface area contributed by atoms with E-state index in [-0.39, 0.29) is 11.4 Å². The molecule has 2 aromatic rings. The first-order valence-electron chi connectivity index (χ1n) is 5.86. The molecule has 0 heterocycles. The molecule has 110 valence electrons. The minimum Gasteiger partial charge on any atom is -0.282 e. The molecule has 0 bridgehead atoms. The third-order valence-electron chi connectivity index (χ3n) is 2.62. The van der Waals surface area contributed by atoms with Crippen LogP contribution in [0.3, 0.4) is 0 Å². The fourth-order valence-electron chi connectivity index (χ4n) is 1.73. The van der Waals surface area contributed by atoms with Crippen LogP contribution in [-0.2, 0) is 15.8 Å². The monoisotopic (exact) mass is 370 g/mol. The number of rotatable bonds is 5. The normalized spacial score (nSPS) is 11.1. The van der Waals surface area contributed by atoms with E-state index in [4.69, 9.17) is 0 Å². The van der Waals surface area contributed by atoms with Crippen molar-refractivity contribution < 1.29 is 13.3 Å². The summed E-state index contributed by atoms with van der Waals surface area (Å²) in [4.78, 5) is 10.1. The van der Waals surface area contributed by atoms with Crippen LogP contribution >= 0.6 is 15.9 Å². The Balaban J connectivity index is 2.20. The maximum Gasteiger partial charge on any atom is 0.269 e. The number of non-ortho nitro benzene ring substituents is 1. The van der Waals surface area contributed by atoms with Crippen LogP contribution < -0.4 is 4.72 Å². The van der Waals surface area contributed by atoms with Gasteiger partial charge in [0.25, 0.3) is 5.69 Å². The largest absolute Gasteiger partial charge is 0.282 e. The van der Waals surface area contributed by atoms with Crippen LogP contribution in [0.15, 0.2) is 53.0 Å². The zero-order chi connectivity index (χ0) is 15.5. The molecule has 0 saturated heterocycles. The van der Waals surface area contributed by atoms with Crippen LogP contribution in [0.25, 0.3) is 0 Å². The lowest BCUT2D eigenvalue weighted by Gasteiger charge is -2.09. The molecular weight excluding hydrogens is 360 g/mol. The minimum atomic E-state index is -3.66. The average Bonchev–Trinajstić information content (AvgIpc) is 2.41. The van der Waals surface area contributed by atoms with Gasteiger partial charge in [-0.25, -0.2) is 8.42 Å². The third kappa shape index (κ3) is 4.27. The number of hydrogen-bond donors (Lipinski definition) is 1. The number of benzene rings is 2. The van der Waals surface area contributed by atoms with Gasteiger partial charge in [0.1, 0.15) is 0 Å². The maximum atomic E-state index is 12.1. The fraction of sp³-hybridized carbons (Fsp3) is 0.0769. The van der Waals surface area contributed by atoms with Gasteiger partial charge in [-0.1, -0.05) is 24.3 Å². The molecule has 2 rings (SSSR count). The molecule has 0 spiro atoms. The van der Waals surface area contributed by atoms with Crippen molar-refractivity contribution in [2.75, 3.05) is 4.72 Å². The highest BCUT2D eigenvalue weighted by molar-refractivity contribution is 9.10. The van der Waals surface area contributed by atoms with Gasteiger partial charge < -0.3 is 0 Å². The Morgan fingerprint density at radius 3 is 2.52 bits per heavy atom. The quantitative estimate of drug-likeness (QED) is 0.645. The van der Waals surface area contributed by atoms with Crippen molar-refractivity contribution in [3.05, 3.63) is 68.7 Å². The zero-order valence-corrected chi connectivity index (χ0v) is 13.1. The van der Waals surface area contributed by atoms with Gasteiger partial charge in [-0.3, -0.25) is 14.8 Å². The summed E-state index contributed by atoms with van der Waals surface area (Å²) in [5, 5.41) is 10.7. The molecule has 6 nitrogen and oxygen atoms in total. The molecule has 0 aliphatic heterocycles. The summed E-state index contributed by atoms with van der Waals surface area (Å²) in [5.41, 5.74) is 0.635. The third-order valence-corrected chi connectivity index (χ3v) is 4.55. The molecule has 0 amide bonds. The summed E-state index contributed by atoms with van der Waals surface area (Å²) in [7, 11) is -3.66. The number of sulfonamides is 1. The first-order valence-corrected chi connectivity index (χ1v) is 8.30. The summed E-state index contributed by atoms with van der Waals surface area (Å²) >= 11 is 3.25. The molecule has 0 saturated carbocycles. The number of nitrogens with zero attached hydrogens (tertiary/aromatic N) is 1. The van der Waals surface area contributed by atoms with Crippen molar-refractivity contribution in [2.45, 2.75) is 5.75 Å². The lowest BCUT2D eigenvalue weighted by atomic mass is 10.2. The Morgan fingerprint density at radius 1 is 1.14 bits per heavy atom. The van der Waals surface area contributed by atoms with Crippen molar-refractivity contribution in [1.29, 1.82) is 0 Å². The molecule has 0 aliphatic carbocycles. The zero-order valence-electron chi connectivity index (χ0n) is 10.7. The number of nitro groups is 1. The van der Waals surface area contributed by atoms with Crippen LogP contribution in [0.5, 0.6) is 0 Å². The van der Waals surface area contributed by atoms with E-state index in [2.05, 4.69) is 20.7 Å². The van der Waals surface area contributed by atoms with Crippen LogP contribution in [0.2, 0.25) is 0 Å². The molecule has 8 heteroatoms. The van der Waals surface area contributed by atoms with Gasteiger partial charge in [-0.15, -0.1) is 0 Å². The van der Waals surface area contributed by atoms with E-state index < -0.39 is 14.9 Å². The molecule has 2 aromatic carbocycles. The summed E-state index contributed by atoms with van der Waals surface area (Å²) in [6, 6.07) is 12.4. The van der Waals surface area contributed by atoms with Crippen molar-refractivity contribution in [1.82, 2.24) is 0 Å². The second kappa shape index (κ2) is 6.23. The molecule has 0 aromatic heterocycles. The predicted molar refractivity (Wildman–Crippen MR) is 83.5 cm³/mol. The van der Waals surface area contributed by atoms with E-state index in [0.29, 0.717) is 15.7 Å². The van der Waals surface area contributed by atoms with Crippen LogP contribution in [-0.4, -0.2) is 13.3 Å². The lowest BCUT2D eigenvalue weighted by Crippen LogP contribution is -2.15. The summed E-state index contributed by atoms with van der Waals surface area (Å²) < 4.78 is 27.3. The molecule has 1 N–H and O–H groups in total. The first kappa shape index (κ1) is 15.5. The lowest BCUT2D eigenvalue weighted by molar-refractivity contribution is -0.384. The summed E-state index contributed by atoms with van der Waals surface area (Å²) in [6.45, 7) is 0. The van der Waals surface area contributed by atoms with Crippen molar-refractivity contribution in [3.63, 3.8) is 0 Å². The number of nitro benzene ring substituents is 1. The molecule has 0 aliphatic rings. The minimum absolute atomic E-state index is 0.136.